The maximum atomic E-state index is 12.8. The number of ketones is 1. The Bertz CT molecular complexity index is 786. The number of nitriles is 1. The standard InChI is InChI=1S/C18H18BrN3O/c1-18(2)7-13-16(14(23)8-18)15(11(9-20)17(21)22-13)10-5-3-4-6-12(10)19/h3-6,11,15H,7-8H2,1-2H3,(H2,21,22)/t11?,15-/m0/s1. The lowest BCUT2D eigenvalue weighted by molar-refractivity contribution is -0.118. The highest BCUT2D eigenvalue weighted by molar-refractivity contribution is 9.10. The van der Waals surface area contributed by atoms with Gasteiger partial charge in [-0.2, -0.15) is 5.26 Å². The second-order valence-corrected chi connectivity index (χ2v) is 7.80. The predicted octanol–water partition coefficient (Wildman–Crippen LogP) is 3.69. The molecule has 118 valence electrons. The smallest absolute Gasteiger partial charge is 0.161 e. The zero-order valence-corrected chi connectivity index (χ0v) is 14.7. The Hall–Kier alpha value is -1.93. The summed E-state index contributed by atoms with van der Waals surface area (Å²) in [5, 5.41) is 9.60. The van der Waals surface area contributed by atoms with E-state index in [1.54, 1.807) is 0 Å². The van der Waals surface area contributed by atoms with Crippen LogP contribution in [0.5, 0.6) is 0 Å². The number of hydrogen-bond acceptors (Lipinski definition) is 4. The summed E-state index contributed by atoms with van der Waals surface area (Å²) >= 11 is 3.54. The first-order chi connectivity index (χ1) is 10.8. The first-order valence-corrected chi connectivity index (χ1v) is 8.38. The van der Waals surface area contributed by atoms with Crippen LogP contribution in [0.15, 0.2) is 45.0 Å². The summed E-state index contributed by atoms with van der Waals surface area (Å²) in [5.41, 5.74) is 8.27. The van der Waals surface area contributed by atoms with Gasteiger partial charge in [0, 0.05) is 22.4 Å². The molecule has 23 heavy (non-hydrogen) atoms. The molecule has 1 aliphatic carbocycles. The van der Waals surface area contributed by atoms with Crippen LogP contribution in [0.4, 0.5) is 0 Å². The SMILES string of the molecule is CC1(C)CC(=O)C2=C(C1)N=C(N)C(C#N)[C@@H]2c1ccccc1Br. The van der Waals surface area contributed by atoms with Gasteiger partial charge in [-0.15, -0.1) is 0 Å². The average molecular weight is 372 g/mol. The van der Waals surface area contributed by atoms with Gasteiger partial charge in [-0.25, -0.2) is 4.99 Å². The van der Waals surface area contributed by atoms with Crippen molar-refractivity contribution in [2.45, 2.75) is 32.6 Å². The van der Waals surface area contributed by atoms with Crippen LogP contribution in [0.1, 0.15) is 38.2 Å². The van der Waals surface area contributed by atoms with E-state index in [0.717, 1.165) is 15.7 Å². The Morgan fingerprint density at radius 2 is 2.04 bits per heavy atom. The van der Waals surface area contributed by atoms with Crippen LogP contribution in [0.2, 0.25) is 0 Å². The molecule has 0 saturated heterocycles. The van der Waals surface area contributed by atoms with Crippen molar-refractivity contribution >= 4 is 27.5 Å². The molecule has 0 aromatic heterocycles. The molecule has 0 saturated carbocycles. The monoisotopic (exact) mass is 371 g/mol. The van der Waals surface area contributed by atoms with Gasteiger partial charge in [0.15, 0.2) is 5.78 Å². The summed E-state index contributed by atoms with van der Waals surface area (Å²) in [6.45, 7) is 4.12. The largest absolute Gasteiger partial charge is 0.386 e. The zero-order chi connectivity index (χ0) is 16.8. The fourth-order valence-corrected chi connectivity index (χ4v) is 4.05. The molecule has 2 N–H and O–H groups in total. The average Bonchev–Trinajstić information content (AvgIpc) is 2.45. The molecule has 1 aromatic carbocycles. The number of benzene rings is 1. The van der Waals surface area contributed by atoms with Crippen LogP contribution in [0.25, 0.3) is 0 Å². The van der Waals surface area contributed by atoms with Crippen LogP contribution in [0, 0.1) is 22.7 Å². The minimum absolute atomic E-state index is 0.0773. The molecule has 0 radical (unpaired) electrons. The Morgan fingerprint density at radius 3 is 2.70 bits per heavy atom. The number of nitrogens with zero attached hydrogens (tertiary/aromatic N) is 2. The maximum Gasteiger partial charge on any atom is 0.161 e. The van der Waals surface area contributed by atoms with Gasteiger partial charge in [0.05, 0.1) is 11.8 Å². The summed E-state index contributed by atoms with van der Waals surface area (Å²) in [6, 6.07) is 9.92. The summed E-state index contributed by atoms with van der Waals surface area (Å²) in [4.78, 5) is 17.2. The topological polar surface area (TPSA) is 79.2 Å². The number of hydrogen-bond donors (Lipinski definition) is 1. The van der Waals surface area contributed by atoms with Gasteiger partial charge < -0.3 is 5.73 Å². The fraction of sp³-hybridized carbons (Fsp3) is 0.389. The molecule has 1 heterocycles. The third-order valence-corrected chi connectivity index (χ3v) is 5.22. The summed E-state index contributed by atoms with van der Waals surface area (Å²) in [7, 11) is 0. The molecule has 3 rings (SSSR count). The van der Waals surface area contributed by atoms with E-state index in [0.29, 0.717) is 24.3 Å². The molecule has 0 bridgehead atoms. The minimum Gasteiger partial charge on any atom is -0.386 e. The molecule has 0 fully saturated rings. The molecular weight excluding hydrogens is 354 g/mol. The van der Waals surface area contributed by atoms with Crippen LogP contribution < -0.4 is 5.73 Å². The van der Waals surface area contributed by atoms with Gasteiger partial charge in [-0.05, 0) is 23.5 Å². The number of nitrogens with two attached hydrogens (primary N) is 1. The van der Waals surface area contributed by atoms with E-state index in [2.05, 4.69) is 40.8 Å². The Morgan fingerprint density at radius 1 is 1.35 bits per heavy atom. The number of allylic oxidation sites excluding steroid dienone is 2. The second kappa shape index (κ2) is 5.61. The van der Waals surface area contributed by atoms with Crippen molar-refractivity contribution in [2.75, 3.05) is 0 Å². The van der Waals surface area contributed by atoms with E-state index in [-0.39, 0.29) is 17.1 Å². The van der Waals surface area contributed by atoms with Gasteiger partial charge in [-0.3, -0.25) is 4.79 Å². The van der Waals surface area contributed by atoms with E-state index in [9.17, 15) is 10.1 Å². The Labute approximate surface area is 144 Å². The van der Waals surface area contributed by atoms with Gasteiger partial charge in [0.1, 0.15) is 11.8 Å². The van der Waals surface area contributed by atoms with Gasteiger partial charge in [0.25, 0.3) is 0 Å². The summed E-state index contributed by atoms with van der Waals surface area (Å²) in [6.07, 6.45) is 1.17. The third kappa shape index (κ3) is 2.72. The first-order valence-electron chi connectivity index (χ1n) is 7.58. The zero-order valence-electron chi connectivity index (χ0n) is 13.1. The Balaban J connectivity index is 2.22. The van der Waals surface area contributed by atoms with Crippen molar-refractivity contribution in [1.29, 1.82) is 5.26 Å². The molecular formula is C18H18BrN3O. The second-order valence-electron chi connectivity index (χ2n) is 6.94. The molecule has 0 spiro atoms. The first kappa shape index (κ1) is 15.9. The minimum atomic E-state index is -0.613. The molecule has 4 nitrogen and oxygen atoms in total. The molecule has 1 unspecified atom stereocenters. The quantitative estimate of drug-likeness (QED) is 0.817. The number of aliphatic imine (C=N–C) groups is 1. The number of rotatable bonds is 1. The van der Waals surface area contributed by atoms with E-state index >= 15 is 0 Å². The van der Waals surface area contributed by atoms with Crippen molar-refractivity contribution in [3.63, 3.8) is 0 Å². The van der Waals surface area contributed by atoms with Crippen molar-refractivity contribution in [2.24, 2.45) is 22.1 Å². The lowest BCUT2D eigenvalue weighted by Crippen LogP contribution is -2.38. The molecule has 0 amide bonds. The number of Topliss-reactive ketones (excluding diaryl/α,β-unsaturated/α-hetero) is 1. The van der Waals surface area contributed by atoms with E-state index in [4.69, 9.17) is 5.73 Å². The maximum absolute atomic E-state index is 12.8. The molecule has 1 aliphatic heterocycles. The highest BCUT2D eigenvalue weighted by Gasteiger charge is 2.43. The summed E-state index contributed by atoms with van der Waals surface area (Å²) < 4.78 is 0.879. The van der Waals surface area contributed by atoms with Crippen LogP contribution in [-0.2, 0) is 4.79 Å². The van der Waals surface area contributed by atoms with Crippen LogP contribution >= 0.6 is 15.9 Å². The normalized spacial score (nSPS) is 26.3. The van der Waals surface area contributed by atoms with Crippen molar-refractivity contribution in [1.82, 2.24) is 0 Å². The number of carbonyl (C=O) groups is 1. The van der Waals surface area contributed by atoms with Crippen molar-refractivity contribution < 1.29 is 4.79 Å². The third-order valence-electron chi connectivity index (χ3n) is 4.50. The molecule has 2 atom stereocenters. The van der Waals surface area contributed by atoms with Crippen molar-refractivity contribution in [3.8, 4) is 6.07 Å². The fourth-order valence-electron chi connectivity index (χ4n) is 3.52. The van der Waals surface area contributed by atoms with E-state index in [1.807, 2.05) is 24.3 Å². The number of carbonyl (C=O) groups excluding carboxylic acids is 1. The lowest BCUT2D eigenvalue weighted by Gasteiger charge is -2.37. The van der Waals surface area contributed by atoms with Crippen molar-refractivity contribution in [3.05, 3.63) is 45.6 Å². The van der Waals surface area contributed by atoms with Gasteiger partial charge >= 0.3 is 0 Å². The number of amidine groups is 1. The van der Waals surface area contributed by atoms with Crippen LogP contribution in [-0.4, -0.2) is 11.6 Å². The highest BCUT2D eigenvalue weighted by atomic mass is 79.9. The molecule has 5 heteroatoms. The molecule has 1 aromatic rings. The Kier molecular flexibility index (Phi) is 3.89. The highest BCUT2D eigenvalue weighted by Crippen LogP contribution is 2.48. The van der Waals surface area contributed by atoms with Gasteiger partial charge in [0.2, 0.25) is 0 Å². The predicted molar refractivity (Wildman–Crippen MR) is 92.7 cm³/mol. The lowest BCUT2D eigenvalue weighted by atomic mass is 9.68. The van der Waals surface area contributed by atoms with Crippen LogP contribution in [0.3, 0.4) is 0 Å². The van der Waals surface area contributed by atoms with E-state index in [1.165, 1.54) is 0 Å². The van der Waals surface area contributed by atoms with E-state index < -0.39 is 5.92 Å². The number of halogens is 1. The molecule has 2 aliphatic rings. The summed E-state index contributed by atoms with van der Waals surface area (Å²) in [5.74, 6) is -0.588. The van der Waals surface area contributed by atoms with Gasteiger partial charge in [-0.1, -0.05) is 48.0 Å².